The number of carbonyl (C=O) groups excluding carboxylic acids is 1. The average Bonchev–Trinajstić information content (AvgIpc) is 2.64. The molecule has 0 unspecified atom stereocenters. The van der Waals surface area contributed by atoms with Gasteiger partial charge in [0.2, 0.25) is 0 Å². The summed E-state index contributed by atoms with van der Waals surface area (Å²) >= 11 is 3.50. The van der Waals surface area contributed by atoms with Gasteiger partial charge in [-0.3, -0.25) is 0 Å². The van der Waals surface area contributed by atoms with Crippen molar-refractivity contribution in [2.45, 2.75) is 19.8 Å². The molecule has 0 heterocycles. The largest absolute Gasteiger partial charge is 0.422 e. The van der Waals surface area contributed by atoms with Crippen LogP contribution >= 0.6 is 15.9 Å². The van der Waals surface area contributed by atoms with Crippen LogP contribution in [0.5, 0.6) is 5.75 Å². The van der Waals surface area contributed by atoms with Gasteiger partial charge in [-0.05, 0) is 62.8 Å². The number of hydrogen-bond acceptors (Lipinski definition) is 2. The zero-order valence-electron chi connectivity index (χ0n) is 14.2. The van der Waals surface area contributed by atoms with Crippen LogP contribution in [-0.4, -0.2) is 5.97 Å². The number of benzene rings is 3. The molecule has 0 bridgehead atoms. The van der Waals surface area contributed by atoms with Crippen molar-refractivity contribution in [3.05, 3.63) is 88.4 Å². The maximum absolute atomic E-state index is 12.4. The molecule has 0 aliphatic heterocycles. The third-order valence-corrected chi connectivity index (χ3v) is 4.67. The lowest BCUT2D eigenvalue weighted by molar-refractivity contribution is 0.0733. The molecule has 3 rings (SSSR count). The molecule has 0 radical (unpaired) electrons. The average molecular weight is 395 g/mol. The van der Waals surface area contributed by atoms with Gasteiger partial charge in [-0.15, -0.1) is 0 Å². The van der Waals surface area contributed by atoms with E-state index in [0.29, 0.717) is 17.2 Å². The number of hydrogen-bond donors (Lipinski definition) is 0. The molecule has 0 spiro atoms. The van der Waals surface area contributed by atoms with Gasteiger partial charge in [0.25, 0.3) is 0 Å². The van der Waals surface area contributed by atoms with Crippen molar-refractivity contribution in [2.24, 2.45) is 0 Å². The standard InChI is InChI=1S/C22H19BrO2/c1-15(2)16-8-10-18(11-9-16)22(24)25-21-13-12-19(14-20(21)23)17-6-4-3-5-7-17/h3-15H,1-2H3. The molecule has 3 aromatic carbocycles. The molecule has 3 heteroatoms. The number of esters is 1. The van der Waals surface area contributed by atoms with Gasteiger partial charge in [0.15, 0.2) is 0 Å². The van der Waals surface area contributed by atoms with E-state index in [4.69, 9.17) is 4.74 Å². The summed E-state index contributed by atoms with van der Waals surface area (Å²) < 4.78 is 6.29. The summed E-state index contributed by atoms with van der Waals surface area (Å²) in [7, 11) is 0. The van der Waals surface area contributed by atoms with E-state index in [2.05, 4.69) is 29.8 Å². The van der Waals surface area contributed by atoms with Crippen LogP contribution < -0.4 is 4.74 Å². The summed E-state index contributed by atoms with van der Waals surface area (Å²) in [6.45, 7) is 4.25. The lowest BCUT2D eigenvalue weighted by atomic mass is 10.0. The Morgan fingerprint density at radius 1 is 0.880 bits per heavy atom. The van der Waals surface area contributed by atoms with Crippen LogP contribution in [0.25, 0.3) is 11.1 Å². The zero-order chi connectivity index (χ0) is 17.8. The molecule has 0 fully saturated rings. The Morgan fingerprint density at radius 3 is 2.16 bits per heavy atom. The van der Waals surface area contributed by atoms with Gasteiger partial charge < -0.3 is 4.74 Å². The van der Waals surface area contributed by atoms with Crippen LogP contribution in [0.4, 0.5) is 0 Å². The summed E-state index contributed by atoms with van der Waals surface area (Å²) in [6.07, 6.45) is 0. The number of ether oxygens (including phenoxy) is 1. The molecule has 0 aromatic heterocycles. The Kier molecular flexibility index (Phi) is 5.34. The Labute approximate surface area is 156 Å². The third kappa shape index (κ3) is 4.18. The van der Waals surface area contributed by atoms with Gasteiger partial charge in [0.1, 0.15) is 5.75 Å². The first-order chi connectivity index (χ1) is 12.0. The molecule has 126 valence electrons. The van der Waals surface area contributed by atoms with E-state index in [0.717, 1.165) is 15.6 Å². The van der Waals surface area contributed by atoms with Crippen LogP contribution in [0.3, 0.4) is 0 Å². The summed E-state index contributed by atoms with van der Waals surface area (Å²) in [5, 5.41) is 0. The minimum Gasteiger partial charge on any atom is -0.422 e. The van der Waals surface area contributed by atoms with E-state index in [9.17, 15) is 4.79 Å². The fourth-order valence-electron chi connectivity index (χ4n) is 2.56. The van der Waals surface area contributed by atoms with Gasteiger partial charge in [-0.1, -0.05) is 62.4 Å². The minimum atomic E-state index is -0.358. The summed E-state index contributed by atoms with van der Waals surface area (Å²) in [5.74, 6) is 0.589. The topological polar surface area (TPSA) is 26.3 Å². The first-order valence-electron chi connectivity index (χ1n) is 8.21. The predicted molar refractivity (Wildman–Crippen MR) is 105 cm³/mol. The van der Waals surface area contributed by atoms with Crippen molar-refractivity contribution in [2.75, 3.05) is 0 Å². The van der Waals surface area contributed by atoms with Gasteiger partial charge in [-0.25, -0.2) is 4.79 Å². The molecular formula is C22H19BrO2. The monoisotopic (exact) mass is 394 g/mol. The van der Waals surface area contributed by atoms with Gasteiger partial charge in [0, 0.05) is 0 Å². The normalized spacial score (nSPS) is 10.7. The highest BCUT2D eigenvalue weighted by Gasteiger charge is 2.12. The molecule has 25 heavy (non-hydrogen) atoms. The second-order valence-electron chi connectivity index (χ2n) is 6.18. The van der Waals surface area contributed by atoms with Crippen LogP contribution in [0, 0.1) is 0 Å². The molecule has 0 aliphatic carbocycles. The first-order valence-corrected chi connectivity index (χ1v) is 9.01. The molecule has 0 amide bonds. The van der Waals surface area contributed by atoms with Crippen molar-refractivity contribution in [1.82, 2.24) is 0 Å². The molecule has 0 saturated carbocycles. The fourth-order valence-corrected chi connectivity index (χ4v) is 3.02. The van der Waals surface area contributed by atoms with E-state index in [1.807, 2.05) is 72.8 Å². The Morgan fingerprint density at radius 2 is 1.56 bits per heavy atom. The summed E-state index contributed by atoms with van der Waals surface area (Å²) in [6, 6.07) is 23.3. The van der Waals surface area contributed by atoms with Gasteiger partial charge >= 0.3 is 5.97 Å². The van der Waals surface area contributed by atoms with Crippen molar-refractivity contribution < 1.29 is 9.53 Å². The lowest BCUT2D eigenvalue weighted by Crippen LogP contribution is -2.09. The predicted octanol–water partition coefficient (Wildman–Crippen LogP) is 6.46. The van der Waals surface area contributed by atoms with E-state index < -0.39 is 0 Å². The number of halogens is 1. The minimum absolute atomic E-state index is 0.358. The van der Waals surface area contributed by atoms with Crippen molar-refractivity contribution in [1.29, 1.82) is 0 Å². The van der Waals surface area contributed by atoms with E-state index in [1.165, 1.54) is 5.56 Å². The summed E-state index contributed by atoms with van der Waals surface area (Å²) in [4.78, 5) is 12.4. The Bertz CT molecular complexity index is 868. The fraction of sp³-hybridized carbons (Fsp3) is 0.136. The maximum Gasteiger partial charge on any atom is 0.343 e. The van der Waals surface area contributed by atoms with Crippen molar-refractivity contribution in [3.63, 3.8) is 0 Å². The van der Waals surface area contributed by atoms with Crippen LogP contribution in [0.15, 0.2) is 77.3 Å². The highest BCUT2D eigenvalue weighted by Crippen LogP contribution is 2.31. The third-order valence-electron chi connectivity index (χ3n) is 4.05. The van der Waals surface area contributed by atoms with Crippen LogP contribution in [0.2, 0.25) is 0 Å². The van der Waals surface area contributed by atoms with Crippen molar-refractivity contribution in [3.8, 4) is 16.9 Å². The quantitative estimate of drug-likeness (QED) is 0.374. The zero-order valence-corrected chi connectivity index (χ0v) is 15.8. The molecule has 2 nitrogen and oxygen atoms in total. The van der Waals surface area contributed by atoms with E-state index in [-0.39, 0.29) is 5.97 Å². The smallest absolute Gasteiger partial charge is 0.343 e. The summed E-state index contributed by atoms with van der Waals surface area (Å²) in [5.41, 5.74) is 3.92. The number of rotatable bonds is 4. The highest BCUT2D eigenvalue weighted by molar-refractivity contribution is 9.10. The van der Waals surface area contributed by atoms with Crippen LogP contribution in [0.1, 0.15) is 35.7 Å². The molecular weight excluding hydrogens is 376 g/mol. The number of carbonyl (C=O) groups is 1. The first kappa shape index (κ1) is 17.4. The van der Waals surface area contributed by atoms with Gasteiger partial charge in [-0.2, -0.15) is 0 Å². The SMILES string of the molecule is CC(C)c1ccc(C(=O)Oc2ccc(-c3ccccc3)cc2Br)cc1. The molecule has 0 saturated heterocycles. The second kappa shape index (κ2) is 7.66. The van der Waals surface area contributed by atoms with Gasteiger partial charge in [0.05, 0.1) is 10.0 Å². The molecule has 0 aliphatic rings. The molecule has 0 N–H and O–H groups in total. The van der Waals surface area contributed by atoms with Crippen molar-refractivity contribution >= 4 is 21.9 Å². The lowest BCUT2D eigenvalue weighted by Gasteiger charge is -2.10. The molecule has 3 aromatic rings. The van der Waals surface area contributed by atoms with E-state index >= 15 is 0 Å². The Hall–Kier alpha value is -2.39. The van der Waals surface area contributed by atoms with Crippen LogP contribution in [-0.2, 0) is 0 Å². The molecule has 0 atom stereocenters. The maximum atomic E-state index is 12.4. The highest BCUT2D eigenvalue weighted by atomic mass is 79.9. The Balaban J connectivity index is 1.77. The second-order valence-corrected chi connectivity index (χ2v) is 7.03. The van der Waals surface area contributed by atoms with E-state index in [1.54, 1.807) is 0 Å².